The first-order chi connectivity index (χ1) is 8.25. The van der Waals surface area contributed by atoms with Gasteiger partial charge in [-0.05, 0) is 18.8 Å². The molecule has 0 radical (unpaired) electrons. The van der Waals surface area contributed by atoms with Crippen LogP contribution in [0.25, 0.3) is 0 Å². The highest BCUT2D eigenvalue weighted by molar-refractivity contribution is 5.36. The minimum atomic E-state index is 0.357. The predicted octanol–water partition coefficient (Wildman–Crippen LogP) is 2.12. The van der Waals surface area contributed by atoms with Gasteiger partial charge < -0.3 is 9.64 Å². The Morgan fingerprint density at radius 1 is 1.47 bits per heavy atom. The lowest BCUT2D eigenvalue weighted by Crippen LogP contribution is -2.24. The van der Waals surface area contributed by atoms with Gasteiger partial charge in [-0.15, -0.1) is 0 Å². The van der Waals surface area contributed by atoms with Crippen molar-refractivity contribution in [3.05, 3.63) is 18.6 Å². The minimum Gasteiger partial charge on any atom is -0.376 e. The van der Waals surface area contributed by atoms with Crippen LogP contribution in [-0.2, 0) is 4.74 Å². The number of aromatic nitrogens is 2. The maximum Gasteiger partial charge on any atom is 0.147 e. The fourth-order valence-electron chi connectivity index (χ4n) is 2.00. The van der Waals surface area contributed by atoms with E-state index in [-0.39, 0.29) is 0 Å². The van der Waals surface area contributed by atoms with E-state index in [2.05, 4.69) is 28.7 Å². The molecule has 0 N–H and O–H groups in total. The number of rotatable bonds is 5. The molecule has 0 aromatic carbocycles. The van der Waals surface area contributed by atoms with Crippen LogP contribution in [0.3, 0.4) is 0 Å². The Morgan fingerprint density at radius 3 is 3.06 bits per heavy atom. The Hall–Kier alpha value is -1.16. The van der Waals surface area contributed by atoms with E-state index in [1.807, 2.05) is 6.20 Å². The summed E-state index contributed by atoms with van der Waals surface area (Å²) >= 11 is 0. The Morgan fingerprint density at radius 2 is 2.35 bits per heavy atom. The van der Waals surface area contributed by atoms with Crippen molar-refractivity contribution in [2.24, 2.45) is 5.92 Å². The zero-order chi connectivity index (χ0) is 12.1. The molecule has 2 heterocycles. The minimum absolute atomic E-state index is 0.357. The summed E-state index contributed by atoms with van der Waals surface area (Å²) in [7, 11) is 0. The van der Waals surface area contributed by atoms with Gasteiger partial charge in [0.1, 0.15) is 5.82 Å². The molecule has 0 saturated carbocycles. The standard InChI is InChI=1S/C13H21N3O/c1-11(2)4-8-17-12-3-7-16(10-12)13-9-14-5-6-15-13/h5-6,9,11-12H,3-4,7-8,10H2,1-2H3/t12-/m0/s1. The summed E-state index contributed by atoms with van der Waals surface area (Å²) < 4.78 is 5.88. The van der Waals surface area contributed by atoms with Gasteiger partial charge in [-0.25, -0.2) is 4.98 Å². The lowest BCUT2D eigenvalue weighted by atomic mass is 10.1. The molecule has 1 aromatic heterocycles. The van der Waals surface area contributed by atoms with Crippen LogP contribution >= 0.6 is 0 Å². The number of anilines is 1. The molecular weight excluding hydrogens is 214 g/mol. The van der Waals surface area contributed by atoms with Crippen molar-refractivity contribution >= 4 is 5.82 Å². The molecule has 1 atom stereocenters. The van der Waals surface area contributed by atoms with Gasteiger partial charge in [0, 0.05) is 32.1 Å². The van der Waals surface area contributed by atoms with Crippen LogP contribution in [0.1, 0.15) is 26.7 Å². The number of hydrogen-bond acceptors (Lipinski definition) is 4. The van der Waals surface area contributed by atoms with Gasteiger partial charge in [0.05, 0.1) is 12.3 Å². The van der Waals surface area contributed by atoms with Gasteiger partial charge in [-0.3, -0.25) is 4.98 Å². The SMILES string of the molecule is CC(C)CCO[C@H]1CCN(c2cnccn2)C1. The second kappa shape index (κ2) is 5.96. The Kier molecular flexibility index (Phi) is 4.31. The van der Waals surface area contributed by atoms with Crippen molar-refractivity contribution in [3.8, 4) is 0 Å². The summed E-state index contributed by atoms with van der Waals surface area (Å²) in [6, 6.07) is 0. The molecular formula is C13H21N3O. The van der Waals surface area contributed by atoms with E-state index >= 15 is 0 Å². The third-order valence-corrected chi connectivity index (χ3v) is 3.07. The van der Waals surface area contributed by atoms with Crippen LogP contribution in [0.4, 0.5) is 5.82 Å². The largest absolute Gasteiger partial charge is 0.376 e. The van der Waals surface area contributed by atoms with Gasteiger partial charge in [0.15, 0.2) is 0 Å². The number of ether oxygens (including phenoxy) is 1. The van der Waals surface area contributed by atoms with Crippen molar-refractivity contribution in [1.82, 2.24) is 9.97 Å². The van der Waals surface area contributed by atoms with Crippen LogP contribution in [0.5, 0.6) is 0 Å². The van der Waals surface area contributed by atoms with E-state index in [1.54, 1.807) is 12.4 Å². The van der Waals surface area contributed by atoms with Crippen molar-refractivity contribution < 1.29 is 4.74 Å². The van der Waals surface area contributed by atoms with Gasteiger partial charge in [0.2, 0.25) is 0 Å². The second-order valence-corrected chi connectivity index (χ2v) is 4.97. The zero-order valence-electron chi connectivity index (χ0n) is 10.7. The molecule has 0 aliphatic carbocycles. The number of nitrogens with zero attached hydrogens (tertiary/aromatic N) is 3. The molecule has 1 aromatic rings. The quantitative estimate of drug-likeness (QED) is 0.783. The van der Waals surface area contributed by atoms with E-state index in [9.17, 15) is 0 Å². The topological polar surface area (TPSA) is 38.2 Å². The lowest BCUT2D eigenvalue weighted by Gasteiger charge is -2.17. The Balaban J connectivity index is 1.76. The van der Waals surface area contributed by atoms with Gasteiger partial charge in [-0.2, -0.15) is 0 Å². The van der Waals surface area contributed by atoms with Crippen LogP contribution < -0.4 is 4.90 Å². The van der Waals surface area contributed by atoms with E-state index in [1.165, 1.54) is 0 Å². The molecule has 0 spiro atoms. The first kappa shape index (κ1) is 12.3. The van der Waals surface area contributed by atoms with Gasteiger partial charge in [-0.1, -0.05) is 13.8 Å². The summed E-state index contributed by atoms with van der Waals surface area (Å²) in [5.41, 5.74) is 0. The third kappa shape index (κ3) is 3.66. The first-order valence-electron chi connectivity index (χ1n) is 6.38. The van der Waals surface area contributed by atoms with E-state index in [4.69, 9.17) is 4.74 Å². The summed E-state index contributed by atoms with van der Waals surface area (Å²) in [5.74, 6) is 1.68. The molecule has 4 heteroatoms. The fourth-order valence-corrected chi connectivity index (χ4v) is 2.00. The molecule has 1 aliphatic rings. The fraction of sp³-hybridized carbons (Fsp3) is 0.692. The molecule has 1 fully saturated rings. The van der Waals surface area contributed by atoms with Crippen molar-refractivity contribution in [3.63, 3.8) is 0 Å². The van der Waals surface area contributed by atoms with Gasteiger partial charge >= 0.3 is 0 Å². The number of hydrogen-bond donors (Lipinski definition) is 0. The lowest BCUT2D eigenvalue weighted by molar-refractivity contribution is 0.0609. The molecule has 94 valence electrons. The highest BCUT2D eigenvalue weighted by atomic mass is 16.5. The average Bonchev–Trinajstić information content (AvgIpc) is 2.78. The smallest absolute Gasteiger partial charge is 0.147 e. The molecule has 1 aliphatic heterocycles. The highest BCUT2D eigenvalue weighted by Crippen LogP contribution is 2.19. The maximum absolute atomic E-state index is 5.88. The van der Waals surface area contributed by atoms with Crippen LogP contribution in [-0.4, -0.2) is 35.8 Å². The predicted molar refractivity (Wildman–Crippen MR) is 68.1 cm³/mol. The van der Waals surface area contributed by atoms with E-state index in [0.717, 1.165) is 38.4 Å². The molecule has 17 heavy (non-hydrogen) atoms. The van der Waals surface area contributed by atoms with Crippen molar-refractivity contribution in [2.75, 3.05) is 24.6 Å². The Labute approximate surface area is 103 Å². The van der Waals surface area contributed by atoms with E-state index in [0.29, 0.717) is 12.0 Å². The molecule has 0 unspecified atom stereocenters. The average molecular weight is 235 g/mol. The maximum atomic E-state index is 5.88. The summed E-state index contributed by atoms with van der Waals surface area (Å²) in [4.78, 5) is 10.6. The van der Waals surface area contributed by atoms with Crippen molar-refractivity contribution in [2.45, 2.75) is 32.8 Å². The molecule has 2 rings (SSSR count). The van der Waals surface area contributed by atoms with Crippen LogP contribution in [0, 0.1) is 5.92 Å². The molecule has 4 nitrogen and oxygen atoms in total. The zero-order valence-corrected chi connectivity index (χ0v) is 10.7. The molecule has 1 saturated heterocycles. The van der Waals surface area contributed by atoms with E-state index < -0.39 is 0 Å². The van der Waals surface area contributed by atoms with Crippen molar-refractivity contribution in [1.29, 1.82) is 0 Å². The van der Waals surface area contributed by atoms with Crippen LogP contribution in [0.15, 0.2) is 18.6 Å². The summed E-state index contributed by atoms with van der Waals surface area (Å²) in [5, 5.41) is 0. The highest BCUT2D eigenvalue weighted by Gasteiger charge is 2.23. The monoisotopic (exact) mass is 235 g/mol. The molecule has 0 bridgehead atoms. The van der Waals surface area contributed by atoms with Crippen LogP contribution in [0.2, 0.25) is 0 Å². The third-order valence-electron chi connectivity index (χ3n) is 3.07. The summed E-state index contributed by atoms with van der Waals surface area (Å²) in [6.45, 7) is 7.28. The molecule has 0 amide bonds. The second-order valence-electron chi connectivity index (χ2n) is 4.97. The first-order valence-corrected chi connectivity index (χ1v) is 6.38. The Bertz CT molecular complexity index is 329. The normalized spacial score (nSPS) is 20.2. The van der Waals surface area contributed by atoms with Gasteiger partial charge in [0.25, 0.3) is 0 Å². The summed E-state index contributed by atoms with van der Waals surface area (Å²) in [6.07, 6.45) is 7.85.